The van der Waals surface area contributed by atoms with Crippen LogP contribution in [0.5, 0.6) is 11.5 Å². The summed E-state index contributed by atoms with van der Waals surface area (Å²) in [5.41, 5.74) is 6.69. The number of rotatable bonds is 3. The van der Waals surface area contributed by atoms with Gasteiger partial charge in [-0.3, -0.25) is 0 Å². The van der Waals surface area contributed by atoms with Crippen LogP contribution in [0.15, 0.2) is 18.2 Å². The standard InChI is InChI=1S/C11H17NO2/c1-7(2)11(12)9-5-4-8(14-3)6-10(9)13/h4-7,11,13H,12H2,1-3H3/t11-/m0/s1. The molecule has 3 N–H and O–H groups in total. The Labute approximate surface area is 84.5 Å². The van der Waals surface area contributed by atoms with Gasteiger partial charge in [0.05, 0.1) is 7.11 Å². The highest BCUT2D eigenvalue weighted by Crippen LogP contribution is 2.30. The number of phenols is 1. The minimum atomic E-state index is -0.138. The number of phenolic OH excluding ortho intramolecular Hbond substituents is 1. The van der Waals surface area contributed by atoms with Crippen molar-refractivity contribution in [1.29, 1.82) is 0 Å². The molecule has 3 nitrogen and oxygen atoms in total. The molecule has 0 aliphatic rings. The van der Waals surface area contributed by atoms with Gasteiger partial charge in [0.1, 0.15) is 11.5 Å². The highest BCUT2D eigenvalue weighted by molar-refractivity contribution is 5.41. The molecule has 0 amide bonds. The molecule has 0 spiro atoms. The Morgan fingerprint density at radius 3 is 2.43 bits per heavy atom. The van der Waals surface area contributed by atoms with Crippen LogP contribution in [0.3, 0.4) is 0 Å². The normalized spacial score (nSPS) is 12.9. The molecule has 1 aromatic rings. The molecule has 0 unspecified atom stereocenters. The van der Waals surface area contributed by atoms with Gasteiger partial charge in [-0.2, -0.15) is 0 Å². The van der Waals surface area contributed by atoms with Crippen molar-refractivity contribution >= 4 is 0 Å². The summed E-state index contributed by atoms with van der Waals surface area (Å²) in [5.74, 6) is 1.14. The van der Waals surface area contributed by atoms with Gasteiger partial charge in [0.15, 0.2) is 0 Å². The molecule has 0 heterocycles. The highest BCUT2D eigenvalue weighted by Gasteiger charge is 2.14. The Morgan fingerprint density at radius 2 is 2.00 bits per heavy atom. The molecule has 0 saturated heterocycles. The van der Waals surface area contributed by atoms with Gasteiger partial charge in [-0.1, -0.05) is 19.9 Å². The third-order valence-electron chi connectivity index (χ3n) is 2.31. The summed E-state index contributed by atoms with van der Waals surface area (Å²) < 4.78 is 4.99. The molecule has 1 aromatic carbocycles. The van der Waals surface area contributed by atoms with Crippen LogP contribution in [0.25, 0.3) is 0 Å². The largest absolute Gasteiger partial charge is 0.507 e. The number of hydrogen-bond acceptors (Lipinski definition) is 3. The molecule has 0 aromatic heterocycles. The van der Waals surface area contributed by atoms with Gasteiger partial charge in [0, 0.05) is 17.7 Å². The molecule has 0 bridgehead atoms. The van der Waals surface area contributed by atoms with Crippen molar-refractivity contribution in [2.75, 3.05) is 7.11 Å². The lowest BCUT2D eigenvalue weighted by Crippen LogP contribution is -2.16. The fourth-order valence-electron chi connectivity index (χ4n) is 1.29. The summed E-state index contributed by atoms with van der Waals surface area (Å²) in [6, 6.07) is 5.05. The number of methoxy groups -OCH3 is 1. The number of benzene rings is 1. The molecule has 0 radical (unpaired) electrons. The highest BCUT2D eigenvalue weighted by atomic mass is 16.5. The lowest BCUT2D eigenvalue weighted by Gasteiger charge is -2.17. The van der Waals surface area contributed by atoms with Crippen molar-refractivity contribution < 1.29 is 9.84 Å². The van der Waals surface area contributed by atoms with Crippen molar-refractivity contribution in [3.63, 3.8) is 0 Å². The van der Waals surface area contributed by atoms with Gasteiger partial charge >= 0.3 is 0 Å². The second-order valence-corrected chi connectivity index (χ2v) is 3.69. The van der Waals surface area contributed by atoms with Gasteiger partial charge in [0.2, 0.25) is 0 Å². The first-order valence-corrected chi connectivity index (χ1v) is 4.68. The third kappa shape index (κ3) is 2.17. The van der Waals surface area contributed by atoms with Crippen molar-refractivity contribution in [3.05, 3.63) is 23.8 Å². The fourth-order valence-corrected chi connectivity index (χ4v) is 1.29. The zero-order chi connectivity index (χ0) is 10.7. The third-order valence-corrected chi connectivity index (χ3v) is 2.31. The Balaban J connectivity index is 2.99. The molecule has 0 saturated carbocycles. The van der Waals surface area contributed by atoms with Gasteiger partial charge in [-0.15, -0.1) is 0 Å². The first-order valence-electron chi connectivity index (χ1n) is 4.68. The lowest BCUT2D eigenvalue weighted by atomic mass is 9.96. The maximum absolute atomic E-state index is 9.68. The minimum absolute atomic E-state index is 0.138. The topological polar surface area (TPSA) is 55.5 Å². The molecule has 1 atom stereocenters. The van der Waals surface area contributed by atoms with Crippen LogP contribution in [-0.2, 0) is 0 Å². The number of ether oxygens (including phenoxy) is 1. The lowest BCUT2D eigenvalue weighted by molar-refractivity contribution is 0.401. The Bertz CT molecular complexity index is 310. The summed E-state index contributed by atoms with van der Waals surface area (Å²) in [6.45, 7) is 4.04. The van der Waals surface area contributed by atoms with Crippen molar-refractivity contribution in [1.82, 2.24) is 0 Å². The maximum atomic E-state index is 9.68. The first-order chi connectivity index (χ1) is 6.56. The summed E-state index contributed by atoms with van der Waals surface area (Å²) >= 11 is 0. The van der Waals surface area contributed by atoms with E-state index >= 15 is 0 Å². The molecular weight excluding hydrogens is 178 g/mol. The van der Waals surface area contributed by atoms with Gasteiger partial charge in [-0.25, -0.2) is 0 Å². The zero-order valence-electron chi connectivity index (χ0n) is 8.82. The Hall–Kier alpha value is -1.22. The maximum Gasteiger partial charge on any atom is 0.124 e. The van der Waals surface area contributed by atoms with E-state index in [9.17, 15) is 5.11 Å². The number of aromatic hydroxyl groups is 1. The molecular formula is C11H17NO2. The van der Waals surface area contributed by atoms with Crippen LogP contribution in [0.1, 0.15) is 25.5 Å². The van der Waals surface area contributed by atoms with E-state index in [-0.39, 0.29) is 11.8 Å². The van der Waals surface area contributed by atoms with Crippen LogP contribution in [0.2, 0.25) is 0 Å². The second kappa shape index (κ2) is 4.33. The smallest absolute Gasteiger partial charge is 0.124 e. The quantitative estimate of drug-likeness (QED) is 0.776. The molecule has 0 aliphatic heterocycles. The summed E-state index contributed by atoms with van der Waals surface area (Å²) in [5, 5.41) is 9.68. The van der Waals surface area contributed by atoms with Crippen molar-refractivity contribution in [2.24, 2.45) is 11.7 Å². The van der Waals surface area contributed by atoms with Crippen molar-refractivity contribution in [3.8, 4) is 11.5 Å². The van der Waals surface area contributed by atoms with Gasteiger partial charge < -0.3 is 15.6 Å². The summed E-state index contributed by atoms with van der Waals surface area (Å²) in [4.78, 5) is 0. The van der Waals surface area contributed by atoms with E-state index in [0.29, 0.717) is 11.7 Å². The number of nitrogens with two attached hydrogens (primary N) is 1. The van der Waals surface area contributed by atoms with Gasteiger partial charge in [-0.05, 0) is 12.0 Å². The molecule has 0 fully saturated rings. The minimum Gasteiger partial charge on any atom is -0.507 e. The average Bonchev–Trinajstić information content (AvgIpc) is 2.16. The average molecular weight is 195 g/mol. The van der Waals surface area contributed by atoms with Crippen molar-refractivity contribution in [2.45, 2.75) is 19.9 Å². The van der Waals surface area contributed by atoms with E-state index in [1.165, 1.54) is 0 Å². The molecule has 14 heavy (non-hydrogen) atoms. The molecule has 78 valence electrons. The van der Waals surface area contributed by atoms with E-state index in [4.69, 9.17) is 10.5 Å². The van der Waals surface area contributed by atoms with E-state index < -0.39 is 0 Å². The predicted octanol–water partition coefficient (Wildman–Crippen LogP) is 2.06. The van der Waals surface area contributed by atoms with Crippen LogP contribution in [0.4, 0.5) is 0 Å². The van der Waals surface area contributed by atoms with E-state index in [1.54, 1.807) is 25.3 Å². The zero-order valence-corrected chi connectivity index (χ0v) is 8.82. The van der Waals surface area contributed by atoms with Crippen LogP contribution < -0.4 is 10.5 Å². The summed E-state index contributed by atoms with van der Waals surface area (Å²) in [6.07, 6.45) is 0. The Morgan fingerprint density at radius 1 is 1.36 bits per heavy atom. The fraction of sp³-hybridized carbons (Fsp3) is 0.455. The monoisotopic (exact) mass is 195 g/mol. The summed E-state index contributed by atoms with van der Waals surface area (Å²) in [7, 11) is 1.57. The van der Waals surface area contributed by atoms with Crippen LogP contribution in [0, 0.1) is 5.92 Å². The van der Waals surface area contributed by atoms with Crippen LogP contribution >= 0.6 is 0 Å². The predicted molar refractivity (Wildman–Crippen MR) is 56.4 cm³/mol. The van der Waals surface area contributed by atoms with Gasteiger partial charge in [0.25, 0.3) is 0 Å². The Kier molecular flexibility index (Phi) is 3.36. The van der Waals surface area contributed by atoms with E-state index in [1.807, 2.05) is 13.8 Å². The first kappa shape index (κ1) is 10.9. The SMILES string of the molecule is COc1ccc([C@@H](N)C(C)C)c(O)c1. The van der Waals surface area contributed by atoms with E-state index in [0.717, 1.165) is 5.56 Å². The molecule has 0 aliphatic carbocycles. The molecule has 3 heteroatoms. The van der Waals surface area contributed by atoms with E-state index in [2.05, 4.69) is 0 Å². The second-order valence-electron chi connectivity index (χ2n) is 3.69. The van der Waals surface area contributed by atoms with Crippen LogP contribution in [-0.4, -0.2) is 12.2 Å². The molecule has 1 rings (SSSR count). The number of hydrogen-bond donors (Lipinski definition) is 2.